The largest absolute Gasteiger partial charge is 0.398 e. The molecule has 2 N–H and O–H groups in total. The van der Waals surface area contributed by atoms with E-state index in [2.05, 4.69) is 0 Å². The number of sulfonamides is 1. The quantitative estimate of drug-likeness (QED) is 0.876. The molecule has 0 aliphatic heterocycles. The van der Waals surface area contributed by atoms with E-state index in [1.807, 2.05) is 0 Å². The molecule has 2 aromatic rings. The molecule has 0 spiro atoms. The molecule has 0 saturated heterocycles. The van der Waals surface area contributed by atoms with E-state index in [4.69, 9.17) is 17.3 Å². The number of anilines is 2. The molecule has 0 radical (unpaired) electrons. The second kappa shape index (κ2) is 5.91. The topological polar surface area (TPSA) is 63.4 Å². The van der Waals surface area contributed by atoms with Gasteiger partial charge in [-0.15, -0.1) is 0 Å². The predicted octanol–water partition coefficient (Wildman–Crippen LogP) is 3.28. The van der Waals surface area contributed by atoms with E-state index in [-0.39, 0.29) is 17.1 Å². The van der Waals surface area contributed by atoms with Gasteiger partial charge in [-0.1, -0.05) is 11.6 Å². The maximum absolute atomic E-state index is 13.0. The summed E-state index contributed by atoms with van der Waals surface area (Å²) in [4.78, 5) is -0.0296. The molecule has 2 rings (SSSR count). The fraction of sp³-hybridized carbons (Fsp3) is 0.143. The van der Waals surface area contributed by atoms with Crippen LogP contribution in [-0.2, 0) is 10.0 Å². The molecular weight excluding hydrogens is 315 g/mol. The van der Waals surface area contributed by atoms with Crippen LogP contribution in [0.4, 0.5) is 15.8 Å². The second-order valence-electron chi connectivity index (χ2n) is 4.33. The summed E-state index contributed by atoms with van der Waals surface area (Å²) in [6.07, 6.45) is 0. The number of rotatable bonds is 4. The molecular formula is C14H14ClFN2O2S. The minimum absolute atomic E-state index is 0.0296. The molecule has 0 heterocycles. The number of hydrogen-bond acceptors (Lipinski definition) is 3. The zero-order chi connectivity index (χ0) is 15.6. The number of halogens is 2. The van der Waals surface area contributed by atoms with E-state index < -0.39 is 15.8 Å². The lowest BCUT2D eigenvalue weighted by Gasteiger charge is -2.23. The van der Waals surface area contributed by atoms with Gasteiger partial charge in [-0.25, -0.2) is 12.8 Å². The predicted molar refractivity (Wildman–Crippen MR) is 82.5 cm³/mol. The second-order valence-corrected chi connectivity index (χ2v) is 6.60. The lowest BCUT2D eigenvalue weighted by molar-refractivity contribution is 0.592. The molecule has 0 fully saturated rings. The van der Waals surface area contributed by atoms with E-state index in [0.717, 1.165) is 4.31 Å². The Labute approximate surface area is 128 Å². The Morgan fingerprint density at radius 3 is 2.33 bits per heavy atom. The molecule has 0 saturated carbocycles. The standard InChI is InChI=1S/C14H14ClFN2O2S/c1-2-18(12-6-4-11(16)5-7-12)21(19,20)14-8-3-10(15)9-13(14)17/h3-9H,2,17H2,1H3. The van der Waals surface area contributed by atoms with Crippen LogP contribution in [0.5, 0.6) is 0 Å². The maximum atomic E-state index is 13.0. The molecule has 4 nitrogen and oxygen atoms in total. The lowest BCUT2D eigenvalue weighted by atomic mass is 10.3. The van der Waals surface area contributed by atoms with Crippen LogP contribution in [0.25, 0.3) is 0 Å². The molecule has 0 aliphatic carbocycles. The van der Waals surface area contributed by atoms with E-state index >= 15 is 0 Å². The molecule has 0 aliphatic rings. The van der Waals surface area contributed by atoms with Crippen molar-refractivity contribution in [3.63, 3.8) is 0 Å². The van der Waals surface area contributed by atoms with Gasteiger partial charge in [-0.2, -0.15) is 0 Å². The van der Waals surface area contributed by atoms with E-state index in [1.165, 1.54) is 42.5 Å². The molecule has 0 aromatic heterocycles. The fourth-order valence-electron chi connectivity index (χ4n) is 1.97. The van der Waals surface area contributed by atoms with Crippen molar-refractivity contribution >= 4 is 33.0 Å². The normalized spacial score (nSPS) is 11.4. The van der Waals surface area contributed by atoms with Gasteiger partial charge in [0.1, 0.15) is 10.7 Å². The van der Waals surface area contributed by atoms with Gasteiger partial charge in [0, 0.05) is 11.6 Å². The summed E-state index contributed by atoms with van der Waals surface area (Å²) in [6.45, 7) is 1.88. The van der Waals surface area contributed by atoms with Crippen LogP contribution >= 0.6 is 11.6 Å². The Balaban J connectivity index is 2.51. The molecule has 0 amide bonds. The van der Waals surface area contributed by atoms with Crippen molar-refractivity contribution < 1.29 is 12.8 Å². The summed E-state index contributed by atoms with van der Waals surface area (Å²) < 4.78 is 39.5. The third kappa shape index (κ3) is 3.11. The van der Waals surface area contributed by atoms with Gasteiger partial charge < -0.3 is 5.73 Å². The van der Waals surface area contributed by atoms with E-state index in [9.17, 15) is 12.8 Å². The van der Waals surface area contributed by atoms with Gasteiger partial charge >= 0.3 is 0 Å². The fourth-order valence-corrected chi connectivity index (χ4v) is 3.73. The summed E-state index contributed by atoms with van der Waals surface area (Å²) in [7, 11) is -3.84. The van der Waals surface area contributed by atoms with Crippen molar-refractivity contribution in [2.75, 3.05) is 16.6 Å². The van der Waals surface area contributed by atoms with E-state index in [0.29, 0.717) is 10.7 Å². The molecule has 112 valence electrons. The summed E-state index contributed by atoms with van der Waals surface area (Å²) in [5, 5.41) is 0.358. The van der Waals surface area contributed by atoms with Crippen LogP contribution in [0.15, 0.2) is 47.4 Å². The zero-order valence-electron chi connectivity index (χ0n) is 11.3. The maximum Gasteiger partial charge on any atom is 0.266 e. The van der Waals surface area contributed by atoms with Gasteiger partial charge in [0.2, 0.25) is 0 Å². The molecule has 2 aromatic carbocycles. The van der Waals surface area contributed by atoms with Gasteiger partial charge in [0.15, 0.2) is 0 Å². The molecule has 0 bridgehead atoms. The Bertz CT molecular complexity index is 748. The van der Waals surface area contributed by atoms with Crippen molar-refractivity contribution in [1.29, 1.82) is 0 Å². The highest BCUT2D eigenvalue weighted by atomic mass is 35.5. The van der Waals surface area contributed by atoms with Crippen molar-refractivity contribution in [3.8, 4) is 0 Å². The first kappa shape index (κ1) is 15.6. The summed E-state index contributed by atoms with van der Waals surface area (Å²) in [5.41, 5.74) is 6.19. The Morgan fingerprint density at radius 1 is 1.19 bits per heavy atom. The number of nitrogens with two attached hydrogens (primary N) is 1. The Kier molecular flexibility index (Phi) is 4.39. The molecule has 21 heavy (non-hydrogen) atoms. The highest BCUT2D eigenvalue weighted by molar-refractivity contribution is 7.93. The average molecular weight is 329 g/mol. The zero-order valence-corrected chi connectivity index (χ0v) is 12.8. The minimum Gasteiger partial charge on any atom is -0.398 e. The van der Waals surface area contributed by atoms with Crippen molar-refractivity contribution in [1.82, 2.24) is 0 Å². The average Bonchev–Trinajstić information content (AvgIpc) is 2.41. The molecule has 0 atom stereocenters. The van der Waals surface area contributed by atoms with Gasteiger partial charge in [-0.3, -0.25) is 4.31 Å². The molecule has 7 heteroatoms. The van der Waals surface area contributed by atoms with Crippen molar-refractivity contribution in [2.45, 2.75) is 11.8 Å². The SMILES string of the molecule is CCN(c1ccc(F)cc1)S(=O)(=O)c1ccc(Cl)cc1N. The lowest BCUT2D eigenvalue weighted by Crippen LogP contribution is -2.31. The third-order valence-corrected chi connectivity index (χ3v) is 5.15. The van der Waals surface area contributed by atoms with E-state index in [1.54, 1.807) is 6.92 Å². The Morgan fingerprint density at radius 2 is 1.81 bits per heavy atom. The number of benzene rings is 2. The summed E-state index contributed by atoms with van der Waals surface area (Å²) in [5.74, 6) is -0.432. The van der Waals surface area contributed by atoms with Gasteiger partial charge in [0.25, 0.3) is 10.0 Å². The Hall–Kier alpha value is -1.79. The first-order valence-electron chi connectivity index (χ1n) is 6.19. The smallest absolute Gasteiger partial charge is 0.266 e. The van der Waals surface area contributed by atoms with Crippen LogP contribution in [0.3, 0.4) is 0 Å². The van der Waals surface area contributed by atoms with Crippen LogP contribution in [0, 0.1) is 5.82 Å². The first-order valence-corrected chi connectivity index (χ1v) is 8.01. The van der Waals surface area contributed by atoms with Gasteiger partial charge in [0.05, 0.1) is 11.4 Å². The van der Waals surface area contributed by atoms with Crippen LogP contribution in [0.1, 0.15) is 6.92 Å². The number of hydrogen-bond donors (Lipinski definition) is 1. The first-order chi connectivity index (χ1) is 9.86. The van der Waals surface area contributed by atoms with Crippen LogP contribution < -0.4 is 10.0 Å². The van der Waals surface area contributed by atoms with Gasteiger partial charge in [-0.05, 0) is 49.4 Å². The summed E-state index contributed by atoms with van der Waals surface area (Å²) in [6, 6.07) is 9.43. The number of nitrogen functional groups attached to an aromatic ring is 1. The van der Waals surface area contributed by atoms with Crippen molar-refractivity contribution in [3.05, 3.63) is 53.3 Å². The number of nitrogens with zero attached hydrogens (tertiary/aromatic N) is 1. The van der Waals surface area contributed by atoms with Crippen LogP contribution in [0.2, 0.25) is 5.02 Å². The summed E-state index contributed by atoms with van der Waals surface area (Å²) >= 11 is 5.78. The minimum atomic E-state index is -3.84. The monoisotopic (exact) mass is 328 g/mol. The van der Waals surface area contributed by atoms with Crippen LogP contribution in [-0.4, -0.2) is 15.0 Å². The highest BCUT2D eigenvalue weighted by Gasteiger charge is 2.25. The van der Waals surface area contributed by atoms with Crippen molar-refractivity contribution in [2.24, 2.45) is 0 Å². The molecule has 0 unspecified atom stereocenters. The highest BCUT2D eigenvalue weighted by Crippen LogP contribution is 2.28. The third-order valence-electron chi connectivity index (χ3n) is 2.94.